The van der Waals surface area contributed by atoms with Gasteiger partial charge in [0.1, 0.15) is 5.01 Å². The number of rotatable bonds is 3. The van der Waals surface area contributed by atoms with Gasteiger partial charge >= 0.3 is 0 Å². The number of nitrogens with zero attached hydrogens (tertiary/aromatic N) is 1. The van der Waals surface area contributed by atoms with Crippen molar-refractivity contribution < 1.29 is 0 Å². The molecule has 1 heterocycles. The number of aromatic nitrogens is 1. The fourth-order valence-corrected chi connectivity index (χ4v) is 2.96. The van der Waals surface area contributed by atoms with Crippen molar-refractivity contribution in [2.75, 3.05) is 5.32 Å². The molecular formula is C15H12N2S2. The number of fused-ring (bicyclic) bond motifs is 1. The van der Waals surface area contributed by atoms with Crippen molar-refractivity contribution in [1.29, 1.82) is 0 Å². The maximum Gasteiger partial charge on any atom is 0.128 e. The highest BCUT2D eigenvalue weighted by Gasteiger charge is 2.04. The van der Waals surface area contributed by atoms with E-state index >= 15 is 0 Å². The maximum atomic E-state index is 4.92. The van der Waals surface area contributed by atoms with Gasteiger partial charge in [-0.25, -0.2) is 4.98 Å². The van der Waals surface area contributed by atoms with Crippen LogP contribution in [0.1, 0.15) is 10.6 Å². The lowest BCUT2D eigenvalue weighted by molar-refractivity contribution is 1.43. The first-order valence-corrected chi connectivity index (χ1v) is 7.23. The second-order valence-electron chi connectivity index (χ2n) is 4.29. The summed E-state index contributed by atoms with van der Waals surface area (Å²) in [6.45, 7) is 2.10. The number of aryl methyl sites for hydroxylation is 1. The number of anilines is 2. The minimum absolute atomic E-state index is 0.887. The van der Waals surface area contributed by atoms with Gasteiger partial charge in [0.25, 0.3) is 0 Å². The van der Waals surface area contributed by atoms with Crippen LogP contribution < -0.4 is 5.32 Å². The second kappa shape index (κ2) is 5.07. The summed E-state index contributed by atoms with van der Waals surface area (Å²) >= 11 is 6.54. The number of benzene rings is 2. The number of thiazole rings is 1. The molecule has 4 heteroatoms. The molecule has 0 bridgehead atoms. The molecule has 1 N–H and O–H groups in total. The first-order chi connectivity index (χ1) is 9.26. The lowest BCUT2D eigenvalue weighted by Crippen LogP contribution is -1.92. The third kappa shape index (κ3) is 2.50. The zero-order chi connectivity index (χ0) is 13.2. The topological polar surface area (TPSA) is 24.9 Å². The third-order valence-corrected chi connectivity index (χ3v) is 4.27. The van der Waals surface area contributed by atoms with Crippen LogP contribution in [0.25, 0.3) is 10.2 Å². The molecule has 0 saturated carbocycles. The van der Waals surface area contributed by atoms with E-state index in [4.69, 9.17) is 12.2 Å². The number of nitrogens with one attached hydrogen (secondary N) is 1. The smallest absolute Gasteiger partial charge is 0.128 e. The molecule has 2 nitrogen and oxygen atoms in total. The van der Waals surface area contributed by atoms with Gasteiger partial charge in [-0.15, -0.1) is 11.3 Å². The van der Waals surface area contributed by atoms with Crippen LogP contribution in [0.5, 0.6) is 0 Å². The largest absolute Gasteiger partial charge is 0.355 e. The predicted molar refractivity (Wildman–Crippen MR) is 86.8 cm³/mol. The van der Waals surface area contributed by atoms with Crippen molar-refractivity contribution >= 4 is 50.5 Å². The Kier molecular flexibility index (Phi) is 3.27. The van der Waals surface area contributed by atoms with Crippen molar-refractivity contribution in [3.8, 4) is 0 Å². The summed E-state index contributed by atoms with van der Waals surface area (Å²) in [6, 6.07) is 14.4. The van der Waals surface area contributed by atoms with Crippen LogP contribution in [0.15, 0.2) is 42.5 Å². The van der Waals surface area contributed by atoms with Crippen LogP contribution in [-0.2, 0) is 0 Å². The zero-order valence-electron chi connectivity index (χ0n) is 10.4. The quantitative estimate of drug-likeness (QED) is 0.706. The lowest BCUT2D eigenvalue weighted by Gasteiger charge is -2.08. The molecule has 0 radical (unpaired) electrons. The Morgan fingerprint density at radius 1 is 1.21 bits per heavy atom. The van der Waals surface area contributed by atoms with Crippen molar-refractivity contribution in [2.45, 2.75) is 6.92 Å². The van der Waals surface area contributed by atoms with Crippen LogP contribution in [0.3, 0.4) is 0 Å². The maximum absolute atomic E-state index is 4.92. The molecule has 0 saturated heterocycles. The van der Waals surface area contributed by atoms with E-state index in [2.05, 4.69) is 35.4 Å². The Hall–Kier alpha value is -1.78. The molecule has 0 atom stereocenters. The van der Waals surface area contributed by atoms with Crippen LogP contribution >= 0.6 is 23.6 Å². The minimum atomic E-state index is 0.887. The van der Waals surface area contributed by atoms with Crippen molar-refractivity contribution in [1.82, 2.24) is 4.98 Å². The summed E-state index contributed by atoms with van der Waals surface area (Å²) in [7, 11) is 0. The molecule has 3 rings (SSSR count). The summed E-state index contributed by atoms with van der Waals surface area (Å²) < 4.78 is 1.15. The Balaban J connectivity index is 1.97. The van der Waals surface area contributed by atoms with Crippen molar-refractivity contribution in [3.05, 3.63) is 53.0 Å². The predicted octanol–water partition coefficient (Wildman–Crippen LogP) is 4.70. The molecular weight excluding hydrogens is 272 g/mol. The van der Waals surface area contributed by atoms with Gasteiger partial charge in [-0.2, -0.15) is 0 Å². The van der Waals surface area contributed by atoms with Crippen molar-refractivity contribution in [2.24, 2.45) is 0 Å². The second-order valence-corrected chi connectivity index (χ2v) is 5.59. The van der Waals surface area contributed by atoms with Gasteiger partial charge in [0.2, 0.25) is 0 Å². The normalized spacial score (nSPS) is 10.6. The number of hydrogen-bond acceptors (Lipinski definition) is 4. The van der Waals surface area contributed by atoms with Gasteiger partial charge in [0.05, 0.1) is 10.2 Å². The van der Waals surface area contributed by atoms with E-state index in [0.29, 0.717) is 0 Å². The molecule has 0 aliphatic heterocycles. The Morgan fingerprint density at radius 2 is 2.05 bits per heavy atom. The van der Waals surface area contributed by atoms with Gasteiger partial charge in [-0.1, -0.05) is 30.4 Å². The molecule has 0 unspecified atom stereocenters. The Bertz CT molecular complexity index is 747. The molecule has 0 aliphatic carbocycles. The molecule has 0 spiro atoms. The van der Waals surface area contributed by atoms with Gasteiger partial charge in [0, 0.05) is 16.7 Å². The summed E-state index contributed by atoms with van der Waals surface area (Å²) in [4.78, 5) is 4.43. The summed E-state index contributed by atoms with van der Waals surface area (Å²) in [5.41, 5.74) is 4.42. The van der Waals surface area contributed by atoms with Gasteiger partial charge in [0.15, 0.2) is 0 Å². The number of para-hydroxylation sites is 1. The molecule has 2 aromatic carbocycles. The minimum Gasteiger partial charge on any atom is -0.355 e. The molecule has 0 aliphatic rings. The molecule has 19 heavy (non-hydrogen) atoms. The van der Waals surface area contributed by atoms with E-state index < -0.39 is 0 Å². The van der Waals surface area contributed by atoms with Gasteiger partial charge in [-0.05, 0) is 36.8 Å². The monoisotopic (exact) mass is 284 g/mol. The molecule has 1 aromatic heterocycles. The summed E-state index contributed by atoms with van der Waals surface area (Å²) in [5.74, 6) is 0. The average molecular weight is 284 g/mol. The average Bonchev–Trinajstić information content (AvgIpc) is 2.83. The highest BCUT2D eigenvalue weighted by atomic mass is 32.1. The SMILES string of the molecule is Cc1ccccc1Nc1ccc2nc(C=S)sc2c1. The van der Waals surface area contributed by atoms with Crippen LogP contribution in [-0.4, -0.2) is 10.4 Å². The van der Waals surface area contributed by atoms with Gasteiger partial charge in [-0.3, -0.25) is 0 Å². The standard InChI is InChI=1S/C15H12N2S2/c1-10-4-2-3-5-12(10)16-11-6-7-13-14(8-11)19-15(9-18)17-13/h2-9,16H,1H3. The fourth-order valence-electron chi connectivity index (χ4n) is 1.94. The van der Waals surface area contributed by atoms with Crippen molar-refractivity contribution in [3.63, 3.8) is 0 Å². The van der Waals surface area contributed by atoms with E-state index in [0.717, 1.165) is 26.6 Å². The van der Waals surface area contributed by atoms with Crippen LogP contribution in [0.2, 0.25) is 0 Å². The number of thiocarbonyl (C=S) groups is 1. The fraction of sp³-hybridized carbons (Fsp3) is 0.0667. The Labute approximate surface area is 121 Å². The van der Waals surface area contributed by atoms with E-state index in [1.807, 2.05) is 24.3 Å². The molecule has 3 aromatic rings. The molecule has 0 fully saturated rings. The van der Waals surface area contributed by atoms with Gasteiger partial charge < -0.3 is 5.32 Å². The van der Waals surface area contributed by atoms with Crippen LogP contribution in [0, 0.1) is 6.92 Å². The Morgan fingerprint density at radius 3 is 2.84 bits per heavy atom. The van der Waals surface area contributed by atoms with E-state index in [1.165, 1.54) is 5.56 Å². The first-order valence-electron chi connectivity index (χ1n) is 5.95. The lowest BCUT2D eigenvalue weighted by atomic mass is 10.2. The third-order valence-electron chi connectivity index (χ3n) is 2.93. The van der Waals surface area contributed by atoms with E-state index in [1.54, 1.807) is 16.7 Å². The first kappa shape index (κ1) is 12.3. The van der Waals surface area contributed by atoms with Crippen LogP contribution in [0.4, 0.5) is 11.4 Å². The molecule has 94 valence electrons. The van der Waals surface area contributed by atoms with E-state index in [9.17, 15) is 0 Å². The summed E-state index contributed by atoms with van der Waals surface area (Å²) in [6.07, 6.45) is 0. The summed E-state index contributed by atoms with van der Waals surface area (Å²) in [5, 5.41) is 5.95. The van der Waals surface area contributed by atoms with E-state index in [-0.39, 0.29) is 0 Å². The zero-order valence-corrected chi connectivity index (χ0v) is 12.0. The highest BCUT2D eigenvalue weighted by Crippen LogP contribution is 2.27. The highest BCUT2D eigenvalue weighted by molar-refractivity contribution is 7.79. The number of hydrogen-bond donors (Lipinski definition) is 1. The molecule has 0 amide bonds.